The highest BCUT2D eigenvalue weighted by atomic mass is 32.2. The van der Waals surface area contributed by atoms with Crippen LogP contribution in [0, 0.1) is 23.2 Å². The fourth-order valence-electron chi connectivity index (χ4n) is 7.21. The van der Waals surface area contributed by atoms with E-state index in [9.17, 15) is 14.7 Å². The van der Waals surface area contributed by atoms with Crippen molar-refractivity contribution in [3.05, 3.63) is 17.7 Å². The van der Waals surface area contributed by atoms with Crippen molar-refractivity contribution in [1.29, 1.82) is 0 Å². The SMILES string of the molecule is CCCSc1nc(NC2C3CC4CC2CC(C(=O)O)(C4)C3)ccc1C(=O)NC1CCCCC1. The lowest BCUT2D eigenvalue weighted by atomic mass is 9.48. The Balaban J connectivity index is 1.32. The number of anilines is 1. The molecule has 33 heavy (non-hydrogen) atoms. The largest absolute Gasteiger partial charge is 0.481 e. The molecular weight excluding hydrogens is 434 g/mol. The smallest absolute Gasteiger partial charge is 0.309 e. The number of carboxylic acid groups (broad SMARTS) is 1. The van der Waals surface area contributed by atoms with Gasteiger partial charge in [-0.25, -0.2) is 4.98 Å². The minimum absolute atomic E-state index is 0.00224. The van der Waals surface area contributed by atoms with E-state index in [1.54, 1.807) is 11.8 Å². The molecule has 0 saturated heterocycles. The van der Waals surface area contributed by atoms with Crippen molar-refractivity contribution >= 4 is 29.5 Å². The summed E-state index contributed by atoms with van der Waals surface area (Å²) >= 11 is 1.66. The summed E-state index contributed by atoms with van der Waals surface area (Å²) in [5, 5.41) is 17.6. The van der Waals surface area contributed by atoms with Crippen molar-refractivity contribution in [2.24, 2.45) is 23.2 Å². The van der Waals surface area contributed by atoms with Crippen molar-refractivity contribution in [1.82, 2.24) is 10.3 Å². The monoisotopic (exact) mass is 471 g/mol. The van der Waals surface area contributed by atoms with Crippen molar-refractivity contribution < 1.29 is 14.7 Å². The summed E-state index contributed by atoms with van der Waals surface area (Å²) in [6, 6.07) is 4.44. The van der Waals surface area contributed by atoms with Crippen LogP contribution in [0.2, 0.25) is 0 Å². The number of pyridine rings is 1. The summed E-state index contributed by atoms with van der Waals surface area (Å²) in [6.07, 6.45) is 11.5. The topological polar surface area (TPSA) is 91.3 Å². The zero-order valence-corrected chi connectivity index (χ0v) is 20.5. The average molecular weight is 472 g/mol. The number of rotatable bonds is 8. The Bertz CT molecular complexity index is 885. The molecule has 5 aliphatic rings. The number of aliphatic carboxylic acids is 1. The Hall–Kier alpha value is -1.76. The molecule has 5 aliphatic carbocycles. The average Bonchev–Trinajstić information content (AvgIpc) is 2.80. The number of carbonyl (C=O) groups is 2. The quantitative estimate of drug-likeness (QED) is 0.444. The van der Waals surface area contributed by atoms with E-state index < -0.39 is 11.4 Å². The molecule has 1 aromatic rings. The minimum Gasteiger partial charge on any atom is -0.481 e. The summed E-state index contributed by atoms with van der Waals surface area (Å²) in [7, 11) is 0. The standard InChI is InChI=1S/C26H37N3O3S/c1-2-10-33-24-20(23(30)27-19-6-4-3-5-7-19)8-9-21(29-24)28-22-17-11-16-12-18(22)15-26(13-16,14-17)25(31)32/h8-9,16-19,22H,2-7,10-15H2,1H3,(H,27,30)(H,28,29)(H,31,32). The summed E-state index contributed by atoms with van der Waals surface area (Å²) in [5.41, 5.74) is 0.185. The van der Waals surface area contributed by atoms with Crippen LogP contribution in [0.25, 0.3) is 0 Å². The van der Waals surface area contributed by atoms with E-state index in [1.165, 1.54) is 19.3 Å². The second-order valence-electron chi connectivity index (χ2n) is 10.9. The van der Waals surface area contributed by atoms with Crippen molar-refractivity contribution in [3.8, 4) is 0 Å². The summed E-state index contributed by atoms with van der Waals surface area (Å²) in [6.45, 7) is 2.14. The van der Waals surface area contributed by atoms with Crippen molar-refractivity contribution in [2.75, 3.05) is 11.1 Å². The third-order valence-electron chi connectivity index (χ3n) is 8.53. The number of nitrogens with one attached hydrogen (secondary N) is 2. The number of carboxylic acids is 1. The molecule has 1 amide bonds. The first-order valence-corrected chi connectivity index (χ1v) is 13.9. The van der Waals surface area contributed by atoms with E-state index in [0.29, 0.717) is 23.3 Å². The molecule has 3 N–H and O–H groups in total. The van der Waals surface area contributed by atoms with Gasteiger partial charge in [-0.1, -0.05) is 26.2 Å². The normalized spacial score (nSPS) is 33.1. The van der Waals surface area contributed by atoms with Gasteiger partial charge in [-0.15, -0.1) is 11.8 Å². The molecule has 2 atom stereocenters. The Morgan fingerprint density at radius 1 is 1.12 bits per heavy atom. The molecule has 0 spiro atoms. The van der Waals surface area contributed by atoms with Gasteiger partial charge in [0.05, 0.1) is 11.0 Å². The van der Waals surface area contributed by atoms with Crippen LogP contribution in [0.5, 0.6) is 0 Å². The van der Waals surface area contributed by atoms with Gasteiger partial charge in [0.15, 0.2) is 0 Å². The Kier molecular flexibility index (Phi) is 6.60. The second-order valence-corrected chi connectivity index (χ2v) is 12.0. The molecule has 1 heterocycles. The van der Waals surface area contributed by atoms with Gasteiger partial charge in [-0.05, 0) is 87.0 Å². The summed E-state index contributed by atoms with van der Waals surface area (Å²) < 4.78 is 0. The first-order chi connectivity index (χ1) is 16.0. The van der Waals surface area contributed by atoms with Gasteiger partial charge in [-0.2, -0.15) is 0 Å². The van der Waals surface area contributed by atoms with Gasteiger partial charge >= 0.3 is 5.97 Å². The number of hydrogen-bond acceptors (Lipinski definition) is 5. The fourth-order valence-corrected chi connectivity index (χ4v) is 8.08. The maximum absolute atomic E-state index is 13.1. The zero-order chi connectivity index (χ0) is 23.0. The van der Waals surface area contributed by atoms with E-state index in [-0.39, 0.29) is 18.0 Å². The summed E-state index contributed by atoms with van der Waals surface area (Å²) in [4.78, 5) is 30.0. The number of carbonyl (C=O) groups excluding carboxylic acids is 1. The summed E-state index contributed by atoms with van der Waals surface area (Å²) in [5.74, 6) is 2.52. The maximum atomic E-state index is 13.1. The number of hydrogen-bond donors (Lipinski definition) is 3. The number of amides is 1. The lowest BCUT2D eigenvalue weighted by Crippen LogP contribution is -2.58. The molecule has 6 nitrogen and oxygen atoms in total. The van der Waals surface area contributed by atoms with Gasteiger partial charge in [0.1, 0.15) is 10.8 Å². The molecule has 7 heteroatoms. The highest BCUT2D eigenvalue weighted by Gasteiger charge is 2.58. The third-order valence-corrected chi connectivity index (χ3v) is 9.73. The third kappa shape index (κ3) is 4.62. The van der Waals surface area contributed by atoms with E-state index in [4.69, 9.17) is 4.98 Å². The first-order valence-electron chi connectivity index (χ1n) is 12.9. The Morgan fingerprint density at radius 3 is 2.52 bits per heavy atom. The highest BCUT2D eigenvalue weighted by molar-refractivity contribution is 7.99. The molecule has 180 valence electrons. The van der Waals surface area contributed by atoms with Gasteiger partial charge in [0.25, 0.3) is 5.91 Å². The lowest BCUT2D eigenvalue weighted by molar-refractivity contribution is -0.165. The maximum Gasteiger partial charge on any atom is 0.309 e. The number of aromatic nitrogens is 1. The van der Waals surface area contributed by atoms with Crippen LogP contribution in [0.1, 0.15) is 87.9 Å². The Morgan fingerprint density at radius 2 is 1.85 bits per heavy atom. The molecule has 0 aliphatic heterocycles. The van der Waals surface area contributed by atoms with Crippen LogP contribution < -0.4 is 10.6 Å². The molecular formula is C26H37N3O3S. The van der Waals surface area contributed by atoms with Crippen LogP contribution in [0.3, 0.4) is 0 Å². The predicted octanol–water partition coefficient (Wildman–Crippen LogP) is 5.34. The highest BCUT2D eigenvalue weighted by Crippen LogP contribution is 2.60. The second kappa shape index (κ2) is 9.47. The molecule has 4 bridgehead atoms. The van der Waals surface area contributed by atoms with E-state index in [0.717, 1.165) is 68.0 Å². The fraction of sp³-hybridized carbons (Fsp3) is 0.731. The van der Waals surface area contributed by atoms with Gasteiger partial charge in [0, 0.05) is 12.1 Å². The van der Waals surface area contributed by atoms with Gasteiger partial charge in [0.2, 0.25) is 0 Å². The van der Waals surface area contributed by atoms with Crippen molar-refractivity contribution in [3.63, 3.8) is 0 Å². The lowest BCUT2D eigenvalue weighted by Gasteiger charge is -2.58. The minimum atomic E-state index is -0.593. The van der Waals surface area contributed by atoms with E-state index in [2.05, 4.69) is 17.6 Å². The van der Waals surface area contributed by atoms with Crippen LogP contribution >= 0.6 is 11.8 Å². The molecule has 5 fully saturated rings. The van der Waals surface area contributed by atoms with Crippen LogP contribution in [0.4, 0.5) is 5.82 Å². The van der Waals surface area contributed by atoms with Crippen LogP contribution in [-0.2, 0) is 4.79 Å². The molecule has 1 aromatic heterocycles. The molecule has 5 saturated carbocycles. The molecule has 6 rings (SSSR count). The van der Waals surface area contributed by atoms with Crippen LogP contribution in [-0.4, -0.2) is 39.8 Å². The molecule has 0 aromatic carbocycles. The zero-order valence-electron chi connectivity index (χ0n) is 19.6. The number of nitrogens with zero attached hydrogens (tertiary/aromatic N) is 1. The Labute approximate surface area is 201 Å². The number of thioether (sulfide) groups is 1. The van der Waals surface area contributed by atoms with E-state index in [1.807, 2.05) is 12.1 Å². The molecule has 2 unspecified atom stereocenters. The van der Waals surface area contributed by atoms with Crippen LogP contribution in [0.15, 0.2) is 17.2 Å². The molecule has 0 radical (unpaired) electrons. The van der Waals surface area contributed by atoms with Crippen molar-refractivity contribution in [2.45, 2.75) is 94.7 Å². The van der Waals surface area contributed by atoms with Gasteiger partial charge < -0.3 is 15.7 Å². The first kappa shape index (κ1) is 23.0. The predicted molar refractivity (Wildman–Crippen MR) is 131 cm³/mol. The van der Waals surface area contributed by atoms with E-state index >= 15 is 0 Å². The van der Waals surface area contributed by atoms with Gasteiger partial charge in [-0.3, -0.25) is 9.59 Å².